The highest BCUT2D eigenvalue weighted by Crippen LogP contribution is 2.42. The number of ether oxygens (including phenoxy) is 1. The fraction of sp³-hybridized carbons (Fsp3) is 0.0667. The number of benzene rings is 3. The Kier molecular flexibility index (Phi) is 6.47. The number of rotatable bonds is 6. The molecule has 0 bridgehead atoms. The van der Waals surface area contributed by atoms with E-state index in [0.717, 1.165) is 38.7 Å². The molecule has 0 amide bonds. The Morgan fingerprint density at radius 3 is 2.19 bits per heavy atom. The lowest BCUT2D eigenvalue weighted by Crippen LogP contribution is -2.30. The second-order valence-electron chi connectivity index (χ2n) is 8.69. The first kappa shape index (κ1) is 23.5. The number of hydrogen-bond acceptors (Lipinski definition) is 3. The molecule has 7 heteroatoms. The number of hydrogen-bond donors (Lipinski definition) is 1. The first-order chi connectivity index (χ1) is 18.2. The highest BCUT2D eigenvalue weighted by Gasteiger charge is 2.42. The number of halogens is 1. The van der Waals surface area contributed by atoms with Gasteiger partial charge in [-0.25, -0.2) is 0 Å². The van der Waals surface area contributed by atoms with Crippen LogP contribution in [0.2, 0.25) is 0 Å². The van der Waals surface area contributed by atoms with Crippen LogP contribution in [0.1, 0.15) is 23.5 Å². The van der Waals surface area contributed by atoms with Gasteiger partial charge >= 0.3 is 0 Å². The maximum Gasteiger partial charge on any atom is 0.174 e. The van der Waals surface area contributed by atoms with E-state index in [1.54, 1.807) is 0 Å². The molecule has 3 heterocycles. The zero-order valence-electron chi connectivity index (χ0n) is 19.7. The molecule has 1 aliphatic rings. The topological polar surface area (TPSA) is 42.3 Å². The van der Waals surface area contributed by atoms with Crippen LogP contribution < -0.4 is 15.0 Å². The van der Waals surface area contributed by atoms with Gasteiger partial charge in [0.2, 0.25) is 0 Å². The van der Waals surface area contributed by atoms with Crippen molar-refractivity contribution in [3.63, 3.8) is 0 Å². The quantitative estimate of drug-likeness (QED) is 0.214. The zero-order valence-corrected chi connectivity index (χ0v) is 22.1. The number of thiocarbonyl (C=S) groups is 1. The summed E-state index contributed by atoms with van der Waals surface area (Å²) in [6.07, 6.45) is 3.91. The molecule has 0 unspecified atom stereocenters. The van der Waals surface area contributed by atoms with E-state index in [4.69, 9.17) is 17.0 Å². The Balaban J connectivity index is 1.40. The molecule has 5 nitrogen and oxygen atoms in total. The minimum atomic E-state index is -0.127. The normalized spacial score (nSPS) is 17.0. The molecule has 1 aliphatic heterocycles. The van der Waals surface area contributed by atoms with E-state index in [-0.39, 0.29) is 12.1 Å². The lowest BCUT2D eigenvalue weighted by atomic mass is 10.0. The number of aromatic nitrogens is 2. The van der Waals surface area contributed by atoms with Crippen LogP contribution in [-0.2, 0) is 0 Å². The summed E-state index contributed by atoms with van der Waals surface area (Å²) in [4.78, 5) is 6.85. The second kappa shape index (κ2) is 10.2. The summed E-state index contributed by atoms with van der Waals surface area (Å²) in [7, 11) is 0. The standard InChI is InChI=1S/C30H23BrN4OS/c31-21-11-13-22(14-12-21)34-20-6-10-27(34)29-28(26-9-4-5-19-32-26)33-30(37)35(29)23-15-17-25(18-16-23)36-24-7-2-1-3-8-24/h1-20,28-29H,(H,33,37)/t28-,29+/m0/s1. The molecule has 3 aromatic carbocycles. The minimum absolute atomic E-state index is 0.123. The molecule has 6 rings (SSSR count). The van der Waals surface area contributed by atoms with Crippen molar-refractivity contribution in [2.24, 2.45) is 0 Å². The summed E-state index contributed by atoms with van der Waals surface area (Å²) in [5, 5.41) is 4.20. The van der Waals surface area contributed by atoms with Crippen LogP contribution in [0.5, 0.6) is 11.5 Å². The molecule has 1 fully saturated rings. The molecule has 0 radical (unpaired) electrons. The summed E-state index contributed by atoms with van der Waals surface area (Å²) in [5.74, 6) is 1.57. The van der Waals surface area contributed by atoms with Gasteiger partial charge in [-0.3, -0.25) is 4.98 Å². The molecule has 1 N–H and O–H groups in total. The molecular weight excluding hydrogens is 544 g/mol. The van der Waals surface area contributed by atoms with Crippen molar-refractivity contribution < 1.29 is 4.74 Å². The van der Waals surface area contributed by atoms with Gasteiger partial charge < -0.3 is 19.5 Å². The average Bonchev–Trinajstić information content (AvgIpc) is 3.55. The van der Waals surface area contributed by atoms with E-state index in [1.807, 2.05) is 79.0 Å². The Labute approximate surface area is 229 Å². The van der Waals surface area contributed by atoms with Gasteiger partial charge in [0.15, 0.2) is 5.11 Å². The highest BCUT2D eigenvalue weighted by atomic mass is 79.9. The monoisotopic (exact) mass is 566 g/mol. The first-order valence-corrected chi connectivity index (χ1v) is 13.1. The van der Waals surface area contributed by atoms with Gasteiger partial charge in [0.25, 0.3) is 0 Å². The Bertz CT molecular complexity index is 1510. The Hall–Kier alpha value is -3.94. The van der Waals surface area contributed by atoms with Crippen LogP contribution in [-0.4, -0.2) is 14.7 Å². The summed E-state index contributed by atoms with van der Waals surface area (Å²) in [6, 6.07) is 36.1. The third-order valence-electron chi connectivity index (χ3n) is 6.38. The third-order valence-corrected chi connectivity index (χ3v) is 7.22. The molecule has 2 atom stereocenters. The summed E-state index contributed by atoms with van der Waals surface area (Å²) in [5.41, 5.74) is 4.09. The van der Waals surface area contributed by atoms with Crippen molar-refractivity contribution in [1.29, 1.82) is 0 Å². The van der Waals surface area contributed by atoms with Crippen LogP contribution in [0.3, 0.4) is 0 Å². The summed E-state index contributed by atoms with van der Waals surface area (Å²) in [6.45, 7) is 0. The number of nitrogens with zero attached hydrogens (tertiary/aromatic N) is 3. The molecular formula is C30H23BrN4OS. The van der Waals surface area contributed by atoms with Crippen LogP contribution in [0.15, 0.2) is 126 Å². The largest absolute Gasteiger partial charge is 0.457 e. The smallest absolute Gasteiger partial charge is 0.174 e. The lowest BCUT2D eigenvalue weighted by molar-refractivity contribution is 0.482. The zero-order chi connectivity index (χ0) is 25.2. The summed E-state index contributed by atoms with van der Waals surface area (Å²) >= 11 is 9.45. The van der Waals surface area contributed by atoms with Gasteiger partial charge in [-0.2, -0.15) is 0 Å². The van der Waals surface area contributed by atoms with Crippen LogP contribution >= 0.6 is 28.1 Å². The van der Waals surface area contributed by atoms with Crippen molar-refractivity contribution >= 4 is 38.9 Å². The summed E-state index contributed by atoms with van der Waals surface area (Å²) < 4.78 is 9.27. The maximum atomic E-state index is 6.01. The predicted molar refractivity (Wildman–Crippen MR) is 154 cm³/mol. The minimum Gasteiger partial charge on any atom is -0.457 e. The molecule has 1 saturated heterocycles. The molecule has 0 spiro atoms. The molecule has 2 aromatic heterocycles. The van der Waals surface area contributed by atoms with Gasteiger partial charge in [0.1, 0.15) is 17.5 Å². The Morgan fingerprint density at radius 1 is 0.757 bits per heavy atom. The fourth-order valence-corrected chi connectivity index (χ4v) is 5.32. The van der Waals surface area contributed by atoms with E-state index < -0.39 is 0 Å². The number of nitrogens with one attached hydrogen (secondary N) is 1. The predicted octanol–water partition coefficient (Wildman–Crippen LogP) is 7.60. The van der Waals surface area contributed by atoms with Crippen molar-refractivity contribution in [3.8, 4) is 17.2 Å². The third kappa shape index (κ3) is 4.75. The molecule has 37 heavy (non-hydrogen) atoms. The molecule has 0 aliphatic carbocycles. The molecule has 0 saturated carbocycles. The van der Waals surface area contributed by atoms with Gasteiger partial charge in [0.05, 0.1) is 11.7 Å². The second-order valence-corrected chi connectivity index (χ2v) is 9.99. The van der Waals surface area contributed by atoms with Crippen molar-refractivity contribution in [3.05, 3.63) is 137 Å². The van der Waals surface area contributed by atoms with Crippen LogP contribution in [0.25, 0.3) is 5.69 Å². The molecule has 5 aromatic rings. The van der Waals surface area contributed by atoms with E-state index in [2.05, 4.69) is 78.3 Å². The van der Waals surface area contributed by atoms with Crippen molar-refractivity contribution in [2.75, 3.05) is 4.90 Å². The number of pyridine rings is 1. The first-order valence-electron chi connectivity index (χ1n) is 11.9. The molecule has 182 valence electrons. The fourth-order valence-electron chi connectivity index (χ4n) is 4.70. The average molecular weight is 568 g/mol. The van der Waals surface area contributed by atoms with Crippen LogP contribution in [0, 0.1) is 0 Å². The van der Waals surface area contributed by atoms with E-state index in [0.29, 0.717) is 5.11 Å². The SMILES string of the molecule is S=C1N[C@@H](c2ccccn2)[C@@H](c2cccn2-c2ccc(Br)cc2)N1c1ccc(Oc2ccccc2)cc1. The van der Waals surface area contributed by atoms with E-state index >= 15 is 0 Å². The van der Waals surface area contributed by atoms with Gasteiger partial charge in [0, 0.05) is 33.9 Å². The van der Waals surface area contributed by atoms with E-state index in [1.165, 1.54) is 0 Å². The van der Waals surface area contributed by atoms with Crippen molar-refractivity contribution in [2.45, 2.75) is 12.1 Å². The van der Waals surface area contributed by atoms with Gasteiger partial charge in [-0.05, 0) is 97.1 Å². The van der Waals surface area contributed by atoms with E-state index in [9.17, 15) is 0 Å². The maximum absolute atomic E-state index is 6.01. The van der Waals surface area contributed by atoms with Crippen LogP contribution in [0.4, 0.5) is 5.69 Å². The Morgan fingerprint density at radius 2 is 1.46 bits per heavy atom. The number of para-hydroxylation sites is 1. The lowest BCUT2D eigenvalue weighted by Gasteiger charge is -2.29. The van der Waals surface area contributed by atoms with Gasteiger partial charge in [-0.1, -0.05) is 40.2 Å². The van der Waals surface area contributed by atoms with Crippen molar-refractivity contribution in [1.82, 2.24) is 14.9 Å². The van der Waals surface area contributed by atoms with Gasteiger partial charge in [-0.15, -0.1) is 0 Å². The highest BCUT2D eigenvalue weighted by molar-refractivity contribution is 9.10. The number of anilines is 1.